The molecule has 0 aromatic carbocycles. The molecule has 0 radical (unpaired) electrons. The highest BCUT2D eigenvalue weighted by molar-refractivity contribution is 5.96. The van der Waals surface area contributed by atoms with Crippen molar-refractivity contribution < 1.29 is 14.0 Å². The van der Waals surface area contributed by atoms with Crippen molar-refractivity contribution >= 4 is 11.8 Å². The minimum absolute atomic E-state index is 0.0291. The summed E-state index contributed by atoms with van der Waals surface area (Å²) in [7, 11) is 1.58. The first-order valence-corrected chi connectivity index (χ1v) is 5.38. The molecule has 17 heavy (non-hydrogen) atoms. The normalized spacial score (nSPS) is 11.1. The van der Waals surface area contributed by atoms with Crippen LogP contribution in [0.4, 0.5) is 0 Å². The Morgan fingerprint density at radius 1 is 1.41 bits per heavy atom. The fourth-order valence-electron chi connectivity index (χ4n) is 1.35. The molecule has 0 aliphatic carbocycles. The van der Waals surface area contributed by atoms with E-state index in [0.717, 1.165) is 0 Å². The molecule has 1 N–H and O–H groups in total. The molecular formula is C12H18N2O3. The van der Waals surface area contributed by atoms with Crippen molar-refractivity contribution in [1.82, 2.24) is 10.2 Å². The van der Waals surface area contributed by atoms with Crippen LogP contribution in [-0.2, 0) is 4.79 Å². The first-order chi connectivity index (χ1) is 7.79. The third kappa shape index (κ3) is 4.30. The Kier molecular flexibility index (Phi) is 3.93. The third-order valence-corrected chi connectivity index (χ3v) is 2.01. The van der Waals surface area contributed by atoms with Crippen LogP contribution in [0.1, 0.15) is 31.1 Å². The van der Waals surface area contributed by atoms with Crippen molar-refractivity contribution in [2.75, 3.05) is 13.6 Å². The Labute approximate surface area is 101 Å². The number of hydrogen-bond acceptors (Lipinski definition) is 3. The molecule has 0 aliphatic rings. The second kappa shape index (κ2) is 5.03. The minimum Gasteiger partial charge on any atom is -0.472 e. The van der Waals surface area contributed by atoms with Crippen molar-refractivity contribution in [3.8, 4) is 0 Å². The van der Waals surface area contributed by atoms with Crippen LogP contribution in [0.3, 0.4) is 0 Å². The molecule has 0 saturated carbocycles. The predicted molar refractivity (Wildman–Crippen MR) is 63.6 cm³/mol. The molecule has 0 spiro atoms. The molecule has 0 aliphatic heterocycles. The topological polar surface area (TPSA) is 62.6 Å². The first kappa shape index (κ1) is 13.3. The van der Waals surface area contributed by atoms with Crippen molar-refractivity contribution in [2.24, 2.45) is 0 Å². The van der Waals surface area contributed by atoms with Crippen LogP contribution in [0.5, 0.6) is 0 Å². The Morgan fingerprint density at radius 3 is 2.53 bits per heavy atom. The van der Waals surface area contributed by atoms with E-state index in [9.17, 15) is 9.59 Å². The van der Waals surface area contributed by atoms with Gasteiger partial charge in [-0.05, 0) is 26.8 Å². The lowest BCUT2D eigenvalue weighted by molar-refractivity contribution is -0.122. The lowest BCUT2D eigenvalue weighted by Gasteiger charge is -2.23. The van der Waals surface area contributed by atoms with Crippen LogP contribution < -0.4 is 5.32 Å². The molecule has 5 heteroatoms. The second-order valence-electron chi connectivity index (χ2n) is 4.97. The summed E-state index contributed by atoms with van der Waals surface area (Å²) in [5.41, 5.74) is 0.146. The van der Waals surface area contributed by atoms with Crippen LogP contribution in [0.2, 0.25) is 0 Å². The number of hydrogen-bond donors (Lipinski definition) is 1. The summed E-state index contributed by atoms with van der Waals surface area (Å²) in [6.07, 6.45) is 2.79. The van der Waals surface area contributed by atoms with Crippen LogP contribution in [-0.4, -0.2) is 35.8 Å². The average molecular weight is 238 g/mol. The van der Waals surface area contributed by atoms with Crippen molar-refractivity contribution in [1.29, 1.82) is 0 Å². The summed E-state index contributed by atoms with van der Waals surface area (Å²) in [6.45, 7) is 5.70. The number of carbonyl (C=O) groups is 2. The highest BCUT2D eigenvalue weighted by Crippen LogP contribution is 2.04. The summed E-state index contributed by atoms with van der Waals surface area (Å²) in [5.74, 6) is -0.417. The molecule has 0 saturated heterocycles. The van der Waals surface area contributed by atoms with Crippen molar-refractivity contribution in [3.63, 3.8) is 0 Å². The average Bonchev–Trinajstić information content (AvgIpc) is 2.65. The molecule has 1 heterocycles. The van der Waals surface area contributed by atoms with Gasteiger partial charge in [0, 0.05) is 12.6 Å². The molecule has 5 nitrogen and oxygen atoms in total. The van der Waals surface area contributed by atoms with Gasteiger partial charge in [-0.1, -0.05) is 0 Å². The van der Waals surface area contributed by atoms with Crippen LogP contribution in [0.25, 0.3) is 0 Å². The number of furan rings is 1. The van der Waals surface area contributed by atoms with E-state index < -0.39 is 0 Å². The number of likely N-dealkylation sites (N-methyl/N-ethyl adjacent to an activating group) is 1. The maximum Gasteiger partial charge on any atom is 0.257 e. The molecule has 0 fully saturated rings. The standard InChI is InChI=1S/C12H18N2O3/c1-12(2,3)13-10(15)7-14(4)11(16)9-5-6-17-8-9/h5-6,8H,7H2,1-4H3,(H,13,15). The highest BCUT2D eigenvalue weighted by Gasteiger charge is 2.19. The van der Waals surface area contributed by atoms with Gasteiger partial charge in [0.05, 0.1) is 18.4 Å². The molecule has 94 valence electrons. The van der Waals surface area contributed by atoms with Gasteiger partial charge in [0.2, 0.25) is 5.91 Å². The Morgan fingerprint density at radius 2 is 2.06 bits per heavy atom. The number of carbonyl (C=O) groups excluding carboxylic acids is 2. The molecule has 0 unspecified atom stereocenters. The summed E-state index contributed by atoms with van der Waals surface area (Å²) in [6, 6.07) is 1.57. The van der Waals surface area contributed by atoms with E-state index in [1.807, 2.05) is 20.8 Å². The van der Waals surface area contributed by atoms with Gasteiger partial charge in [0.25, 0.3) is 5.91 Å². The van der Waals surface area contributed by atoms with E-state index in [1.165, 1.54) is 17.4 Å². The number of nitrogens with one attached hydrogen (secondary N) is 1. The van der Waals surface area contributed by atoms with Gasteiger partial charge in [-0.3, -0.25) is 9.59 Å². The summed E-state index contributed by atoms with van der Waals surface area (Å²) < 4.78 is 4.82. The Bertz CT molecular complexity index is 390. The smallest absolute Gasteiger partial charge is 0.257 e. The van der Waals surface area contributed by atoms with E-state index in [1.54, 1.807) is 13.1 Å². The Hall–Kier alpha value is -1.78. The van der Waals surface area contributed by atoms with Gasteiger partial charge in [-0.15, -0.1) is 0 Å². The predicted octanol–water partition coefficient (Wildman–Crippen LogP) is 1.27. The van der Waals surface area contributed by atoms with Crippen molar-refractivity contribution in [2.45, 2.75) is 26.3 Å². The van der Waals surface area contributed by atoms with Gasteiger partial charge in [0.1, 0.15) is 6.26 Å². The summed E-state index contributed by atoms with van der Waals surface area (Å²) >= 11 is 0. The van der Waals surface area contributed by atoms with Crippen LogP contribution in [0, 0.1) is 0 Å². The van der Waals surface area contributed by atoms with Gasteiger partial charge < -0.3 is 14.6 Å². The lowest BCUT2D eigenvalue weighted by atomic mass is 10.1. The maximum absolute atomic E-state index is 11.8. The van der Waals surface area contributed by atoms with Gasteiger partial charge in [-0.2, -0.15) is 0 Å². The van der Waals surface area contributed by atoms with Crippen molar-refractivity contribution in [3.05, 3.63) is 24.2 Å². The molecular weight excluding hydrogens is 220 g/mol. The highest BCUT2D eigenvalue weighted by atomic mass is 16.3. The van der Waals surface area contributed by atoms with Crippen LogP contribution >= 0.6 is 0 Å². The van der Waals surface area contributed by atoms with E-state index in [-0.39, 0.29) is 23.9 Å². The quantitative estimate of drug-likeness (QED) is 0.862. The molecule has 1 aromatic heterocycles. The van der Waals surface area contributed by atoms with E-state index in [0.29, 0.717) is 5.56 Å². The SMILES string of the molecule is CN(CC(=O)NC(C)(C)C)C(=O)c1ccoc1. The van der Waals surface area contributed by atoms with Gasteiger partial charge in [-0.25, -0.2) is 0 Å². The molecule has 2 amide bonds. The molecule has 1 aromatic rings. The molecule has 0 atom stereocenters. The van der Waals surface area contributed by atoms with E-state index in [2.05, 4.69) is 5.32 Å². The summed E-state index contributed by atoms with van der Waals surface area (Å²) in [4.78, 5) is 24.8. The zero-order valence-corrected chi connectivity index (χ0v) is 10.6. The van der Waals surface area contributed by atoms with Gasteiger partial charge >= 0.3 is 0 Å². The van der Waals surface area contributed by atoms with E-state index >= 15 is 0 Å². The number of nitrogens with zero attached hydrogens (tertiary/aromatic N) is 1. The largest absolute Gasteiger partial charge is 0.472 e. The van der Waals surface area contributed by atoms with Crippen LogP contribution in [0.15, 0.2) is 23.0 Å². The summed E-state index contributed by atoms with van der Waals surface area (Å²) in [5, 5.41) is 2.79. The zero-order chi connectivity index (χ0) is 13.1. The Balaban J connectivity index is 2.52. The third-order valence-electron chi connectivity index (χ3n) is 2.01. The van der Waals surface area contributed by atoms with E-state index in [4.69, 9.17) is 4.42 Å². The fourth-order valence-corrected chi connectivity index (χ4v) is 1.35. The fraction of sp³-hybridized carbons (Fsp3) is 0.500. The zero-order valence-electron chi connectivity index (χ0n) is 10.6. The number of amides is 2. The lowest BCUT2D eigenvalue weighted by Crippen LogP contribution is -2.46. The minimum atomic E-state index is -0.295. The first-order valence-electron chi connectivity index (χ1n) is 5.38. The monoisotopic (exact) mass is 238 g/mol. The molecule has 0 bridgehead atoms. The number of rotatable bonds is 3. The van der Waals surface area contributed by atoms with Gasteiger partial charge in [0.15, 0.2) is 0 Å². The maximum atomic E-state index is 11.8. The second-order valence-corrected chi connectivity index (χ2v) is 4.97. The molecule has 1 rings (SSSR count).